The highest BCUT2D eigenvalue weighted by molar-refractivity contribution is 9.10. The summed E-state index contributed by atoms with van der Waals surface area (Å²) in [6, 6.07) is 5.77. The van der Waals surface area contributed by atoms with E-state index in [0.717, 1.165) is 35.2 Å². The molecule has 15 heavy (non-hydrogen) atoms. The van der Waals surface area contributed by atoms with Gasteiger partial charge in [0.05, 0.1) is 17.5 Å². The summed E-state index contributed by atoms with van der Waals surface area (Å²) in [6.45, 7) is 2.63. The van der Waals surface area contributed by atoms with Crippen molar-refractivity contribution >= 4 is 27.3 Å². The highest BCUT2D eigenvalue weighted by Crippen LogP contribution is 2.22. The first-order valence-electron chi connectivity index (χ1n) is 5.06. The number of aliphatic hydroxyl groups is 1. The Hall–Kier alpha value is -0.740. The minimum absolute atomic E-state index is 0.228. The molecule has 0 radical (unpaired) electrons. The van der Waals surface area contributed by atoms with Gasteiger partial charge >= 0.3 is 0 Å². The molecule has 4 N–H and O–H groups in total. The molecule has 0 aliphatic carbocycles. The smallest absolute Gasteiger partial charge is 0.0574 e. The topological polar surface area (TPSA) is 58.3 Å². The molecule has 0 aromatic heterocycles. The number of benzene rings is 1. The zero-order valence-corrected chi connectivity index (χ0v) is 10.4. The van der Waals surface area contributed by atoms with Gasteiger partial charge in [0.1, 0.15) is 0 Å². The van der Waals surface area contributed by atoms with Crippen LogP contribution in [0.5, 0.6) is 0 Å². The van der Waals surface area contributed by atoms with Gasteiger partial charge in [-0.15, -0.1) is 0 Å². The summed E-state index contributed by atoms with van der Waals surface area (Å²) >= 11 is 3.36. The Labute approximate surface area is 98.8 Å². The Morgan fingerprint density at radius 2 is 2.27 bits per heavy atom. The summed E-state index contributed by atoms with van der Waals surface area (Å²) in [5, 5.41) is 12.3. The first kappa shape index (κ1) is 12.3. The number of nitrogens with one attached hydrogen (secondary N) is 1. The second kappa shape index (κ2) is 5.98. The van der Waals surface area contributed by atoms with Crippen LogP contribution in [0, 0.1) is 0 Å². The number of rotatable bonds is 5. The lowest BCUT2D eigenvalue weighted by molar-refractivity contribution is 0.183. The zero-order valence-electron chi connectivity index (χ0n) is 8.83. The van der Waals surface area contributed by atoms with Gasteiger partial charge in [0, 0.05) is 11.0 Å². The van der Waals surface area contributed by atoms with Crippen molar-refractivity contribution in [2.75, 3.05) is 17.6 Å². The number of hydrogen-bond acceptors (Lipinski definition) is 3. The van der Waals surface area contributed by atoms with Crippen LogP contribution in [0.2, 0.25) is 0 Å². The average molecular weight is 273 g/mol. The molecule has 0 fully saturated rings. The van der Waals surface area contributed by atoms with E-state index in [4.69, 9.17) is 10.8 Å². The Morgan fingerprint density at radius 3 is 2.87 bits per heavy atom. The summed E-state index contributed by atoms with van der Waals surface area (Å²) < 4.78 is 0.981. The van der Waals surface area contributed by atoms with E-state index in [0.29, 0.717) is 0 Å². The summed E-state index contributed by atoms with van der Waals surface area (Å²) in [5.74, 6) is 0. The van der Waals surface area contributed by atoms with Crippen LogP contribution in [0.1, 0.15) is 19.8 Å². The van der Waals surface area contributed by atoms with Crippen molar-refractivity contribution in [2.24, 2.45) is 0 Å². The number of hydrogen-bond donors (Lipinski definition) is 3. The van der Waals surface area contributed by atoms with Crippen LogP contribution in [-0.2, 0) is 0 Å². The van der Waals surface area contributed by atoms with Crippen LogP contribution in [0.3, 0.4) is 0 Å². The van der Waals surface area contributed by atoms with Gasteiger partial charge in [0.25, 0.3) is 0 Å². The maximum absolute atomic E-state index is 9.08. The van der Waals surface area contributed by atoms with Crippen molar-refractivity contribution in [1.29, 1.82) is 0 Å². The molecule has 3 nitrogen and oxygen atoms in total. The largest absolute Gasteiger partial charge is 0.397 e. The first-order chi connectivity index (χ1) is 7.09. The van der Waals surface area contributed by atoms with E-state index in [1.807, 2.05) is 18.2 Å². The van der Waals surface area contributed by atoms with E-state index in [9.17, 15) is 0 Å². The molecule has 0 aliphatic heterocycles. The quantitative estimate of drug-likeness (QED) is 0.571. The predicted molar refractivity (Wildman–Crippen MR) is 68.0 cm³/mol. The Kier molecular flexibility index (Phi) is 4.91. The van der Waals surface area contributed by atoms with E-state index in [1.54, 1.807) is 6.92 Å². The van der Waals surface area contributed by atoms with E-state index < -0.39 is 0 Å². The molecule has 0 saturated carbocycles. The summed E-state index contributed by atoms with van der Waals surface area (Å²) in [6.07, 6.45) is 1.52. The second-order valence-electron chi connectivity index (χ2n) is 3.65. The molecular weight excluding hydrogens is 256 g/mol. The minimum Gasteiger partial charge on any atom is -0.397 e. The van der Waals surface area contributed by atoms with E-state index in [1.165, 1.54) is 0 Å². The Morgan fingerprint density at radius 1 is 1.53 bits per heavy atom. The maximum atomic E-state index is 9.08. The van der Waals surface area contributed by atoms with Gasteiger partial charge in [-0.3, -0.25) is 0 Å². The molecule has 84 valence electrons. The van der Waals surface area contributed by atoms with Crippen LogP contribution in [0.15, 0.2) is 22.7 Å². The fourth-order valence-electron chi connectivity index (χ4n) is 1.32. The van der Waals surface area contributed by atoms with E-state index >= 15 is 0 Å². The molecule has 1 rings (SSSR count). The lowest BCUT2D eigenvalue weighted by Gasteiger charge is -2.10. The Balaban J connectivity index is 2.37. The summed E-state index contributed by atoms with van der Waals surface area (Å²) in [4.78, 5) is 0. The van der Waals surface area contributed by atoms with Crippen molar-refractivity contribution in [3.05, 3.63) is 22.7 Å². The van der Waals surface area contributed by atoms with Crippen molar-refractivity contribution < 1.29 is 5.11 Å². The SMILES string of the molecule is CC(O)CCCNc1ccc(Br)cc1N. The van der Waals surface area contributed by atoms with Crippen molar-refractivity contribution in [2.45, 2.75) is 25.9 Å². The maximum Gasteiger partial charge on any atom is 0.0574 e. The van der Waals surface area contributed by atoms with E-state index in [-0.39, 0.29) is 6.10 Å². The number of aliphatic hydroxyl groups excluding tert-OH is 1. The lowest BCUT2D eigenvalue weighted by atomic mass is 10.2. The van der Waals surface area contributed by atoms with Gasteiger partial charge in [0.2, 0.25) is 0 Å². The molecule has 0 spiro atoms. The molecule has 0 amide bonds. The molecule has 0 heterocycles. The van der Waals surface area contributed by atoms with Gasteiger partial charge < -0.3 is 16.2 Å². The Bertz CT molecular complexity index is 315. The standard InChI is InChI=1S/C11H17BrN2O/c1-8(15)3-2-6-14-11-5-4-9(12)7-10(11)13/h4-5,7-8,14-15H,2-3,6,13H2,1H3. The van der Waals surface area contributed by atoms with Gasteiger partial charge in [-0.25, -0.2) is 0 Å². The van der Waals surface area contributed by atoms with Crippen molar-refractivity contribution in [3.63, 3.8) is 0 Å². The molecule has 0 bridgehead atoms. The van der Waals surface area contributed by atoms with Gasteiger partial charge in [-0.05, 0) is 38.0 Å². The highest BCUT2D eigenvalue weighted by atomic mass is 79.9. The lowest BCUT2D eigenvalue weighted by Crippen LogP contribution is -2.07. The molecular formula is C11H17BrN2O. The predicted octanol–water partition coefficient (Wildman–Crippen LogP) is 2.60. The first-order valence-corrected chi connectivity index (χ1v) is 5.86. The van der Waals surface area contributed by atoms with Crippen LogP contribution in [0.4, 0.5) is 11.4 Å². The van der Waals surface area contributed by atoms with Crippen LogP contribution < -0.4 is 11.1 Å². The number of nitrogens with two attached hydrogens (primary N) is 1. The molecule has 1 atom stereocenters. The molecule has 1 aromatic rings. The molecule has 4 heteroatoms. The van der Waals surface area contributed by atoms with E-state index in [2.05, 4.69) is 21.2 Å². The number of anilines is 2. The van der Waals surface area contributed by atoms with Gasteiger partial charge in [-0.1, -0.05) is 15.9 Å². The van der Waals surface area contributed by atoms with Crippen molar-refractivity contribution in [3.8, 4) is 0 Å². The summed E-state index contributed by atoms with van der Waals surface area (Å²) in [5.41, 5.74) is 7.51. The third kappa shape index (κ3) is 4.53. The van der Waals surface area contributed by atoms with Crippen molar-refractivity contribution in [1.82, 2.24) is 0 Å². The molecule has 1 unspecified atom stereocenters. The average Bonchev–Trinajstić information content (AvgIpc) is 2.14. The third-order valence-electron chi connectivity index (χ3n) is 2.13. The second-order valence-corrected chi connectivity index (χ2v) is 4.57. The molecule has 0 saturated heterocycles. The number of halogens is 1. The highest BCUT2D eigenvalue weighted by Gasteiger charge is 1.99. The van der Waals surface area contributed by atoms with Crippen LogP contribution >= 0.6 is 15.9 Å². The molecule has 1 aromatic carbocycles. The normalized spacial score (nSPS) is 12.5. The van der Waals surface area contributed by atoms with Gasteiger partial charge in [-0.2, -0.15) is 0 Å². The zero-order chi connectivity index (χ0) is 11.3. The fourth-order valence-corrected chi connectivity index (χ4v) is 1.69. The minimum atomic E-state index is -0.228. The fraction of sp³-hybridized carbons (Fsp3) is 0.455. The van der Waals surface area contributed by atoms with Gasteiger partial charge in [0.15, 0.2) is 0 Å². The van der Waals surface area contributed by atoms with Crippen LogP contribution in [0.25, 0.3) is 0 Å². The summed E-state index contributed by atoms with van der Waals surface area (Å²) in [7, 11) is 0. The third-order valence-corrected chi connectivity index (χ3v) is 2.62. The monoisotopic (exact) mass is 272 g/mol. The molecule has 0 aliphatic rings. The number of nitrogen functional groups attached to an aromatic ring is 1. The van der Waals surface area contributed by atoms with Crippen LogP contribution in [-0.4, -0.2) is 17.8 Å².